The predicted octanol–water partition coefficient (Wildman–Crippen LogP) is 4.20. The average molecular weight is 449 g/mol. The van der Waals surface area contributed by atoms with Crippen molar-refractivity contribution in [3.8, 4) is 16.9 Å². The van der Waals surface area contributed by atoms with Gasteiger partial charge in [0.2, 0.25) is 0 Å². The van der Waals surface area contributed by atoms with Crippen molar-refractivity contribution in [3.05, 3.63) is 82.9 Å². The zero-order valence-electron chi connectivity index (χ0n) is 18.3. The maximum atomic E-state index is 14.2. The highest BCUT2D eigenvalue weighted by molar-refractivity contribution is 5.96. The maximum Gasteiger partial charge on any atom is 0.280 e. The smallest absolute Gasteiger partial charge is 0.280 e. The van der Waals surface area contributed by atoms with Gasteiger partial charge in [-0.2, -0.15) is 0 Å². The zero-order valence-corrected chi connectivity index (χ0v) is 18.3. The fourth-order valence-corrected chi connectivity index (χ4v) is 3.69. The summed E-state index contributed by atoms with van der Waals surface area (Å²) in [5, 5.41) is 13.2. The molecule has 3 aromatic rings. The van der Waals surface area contributed by atoms with Crippen LogP contribution < -0.4 is 10.1 Å². The molecule has 2 heterocycles. The van der Waals surface area contributed by atoms with Crippen LogP contribution in [0.4, 0.5) is 4.39 Å². The first-order valence-electron chi connectivity index (χ1n) is 10.6. The Hall–Kier alpha value is -3.78. The van der Waals surface area contributed by atoms with E-state index in [-0.39, 0.29) is 30.5 Å². The second-order valence-corrected chi connectivity index (χ2v) is 8.31. The first kappa shape index (κ1) is 22.4. The fraction of sp³-hybridized carbons (Fsp3) is 0.240. The number of benzene rings is 2. The minimum absolute atomic E-state index is 0.0247. The summed E-state index contributed by atoms with van der Waals surface area (Å²) >= 11 is 0. The lowest BCUT2D eigenvalue weighted by Crippen LogP contribution is -2.31. The summed E-state index contributed by atoms with van der Waals surface area (Å²) < 4.78 is 19.9. The Bertz CT molecular complexity index is 1210. The second-order valence-electron chi connectivity index (χ2n) is 8.31. The van der Waals surface area contributed by atoms with E-state index < -0.39 is 11.7 Å². The van der Waals surface area contributed by atoms with Gasteiger partial charge in [-0.25, -0.2) is 9.45 Å². The van der Waals surface area contributed by atoms with Gasteiger partial charge in [-0.15, -0.1) is 0 Å². The molecule has 0 saturated carbocycles. The molecule has 0 unspecified atom stereocenters. The SMILES string of the molecule is CC(C)CN(O)C(=O)c1cc(CNC(=O)c2ccc3c(c2)COc2cnccc2-3)ccc1F. The van der Waals surface area contributed by atoms with Gasteiger partial charge in [0, 0.05) is 23.9 Å². The van der Waals surface area contributed by atoms with Crippen LogP contribution in [0.25, 0.3) is 11.1 Å². The van der Waals surface area contributed by atoms with Crippen molar-refractivity contribution in [2.24, 2.45) is 5.92 Å². The lowest BCUT2D eigenvalue weighted by Gasteiger charge is -2.20. The van der Waals surface area contributed by atoms with Crippen LogP contribution in [0.1, 0.15) is 45.7 Å². The lowest BCUT2D eigenvalue weighted by atomic mass is 9.96. The first-order valence-corrected chi connectivity index (χ1v) is 10.6. The Kier molecular flexibility index (Phi) is 6.37. The minimum atomic E-state index is -0.820. The van der Waals surface area contributed by atoms with Crippen molar-refractivity contribution < 1.29 is 23.9 Å². The molecule has 8 heteroatoms. The molecule has 0 aliphatic carbocycles. The zero-order chi connectivity index (χ0) is 23.5. The van der Waals surface area contributed by atoms with E-state index in [9.17, 15) is 19.2 Å². The van der Waals surface area contributed by atoms with E-state index >= 15 is 0 Å². The number of carbonyl (C=O) groups excluding carboxylic acids is 2. The lowest BCUT2D eigenvalue weighted by molar-refractivity contribution is -0.0650. The average Bonchev–Trinajstić information content (AvgIpc) is 2.82. The summed E-state index contributed by atoms with van der Waals surface area (Å²) in [5.74, 6) is -1.13. The molecule has 0 spiro atoms. The number of hydroxylamine groups is 2. The van der Waals surface area contributed by atoms with Crippen LogP contribution >= 0.6 is 0 Å². The van der Waals surface area contributed by atoms with Crippen LogP contribution in [0, 0.1) is 11.7 Å². The highest BCUT2D eigenvalue weighted by Gasteiger charge is 2.21. The molecule has 2 aromatic carbocycles. The highest BCUT2D eigenvalue weighted by atomic mass is 19.1. The van der Waals surface area contributed by atoms with Crippen LogP contribution in [-0.2, 0) is 13.2 Å². The van der Waals surface area contributed by atoms with Crippen molar-refractivity contribution in [1.29, 1.82) is 0 Å². The number of nitrogens with one attached hydrogen (secondary N) is 1. The van der Waals surface area contributed by atoms with Crippen molar-refractivity contribution >= 4 is 11.8 Å². The molecule has 0 atom stereocenters. The normalized spacial score (nSPS) is 11.9. The molecule has 0 fully saturated rings. The van der Waals surface area contributed by atoms with Gasteiger partial charge in [0.1, 0.15) is 18.2 Å². The third-order valence-corrected chi connectivity index (χ3v) is 5.31. The van der Waals surface area contributed by atoms with Crippen LogP contribution in [0.3, 0.4) is 0 Å². The molecule has 33 heavy (non-hydrogen) atoms. The van der Waals surface area contributed by atoms with Gasteiger partial charge in [-0.1, -0.05) is 26.0 Å². The predicted molar refractivity (Wildman–Crippen MR) is 119 cm³/mol. The van der Waals surface area contributed by atoms with Gasteiger partial charge in [0.15, 0.2) is 0 Å². The van der Waals surface area contributed by atoms with Crippen molar-refractivity contribution in [3.63, 3.8) is 0 Å². The van der Waals surface area contributed by atoms with Crippen molar-refractivity contribution in [1.82, 2.24) is 15.4 Å². The van der Waals surface area contributed by atoms with Gasteiger partial charge < -0.3 is 10.1 Å². The van der Waals surface area contributed by atoms with Crippen LogP contribution in [0.2, 0.25) is 0 Å². The van der Waals surface area contributed by atoms with E-state index in [0.29, 0.717) is 28.5 Å². The number of ether oxygens (including phenoxy) is 1. The standard InChI is InChI=1S/C25H24FN3O4/c1-15(2)13-29(32)25(31)21-9-16(3-6-22(21)26)11-28-24(30)17-4-5-19-18(10-17)14-33-23-12-27-8-7-20(19)23/h3-10,12,15,32H,11,13-14H2,1-2H3,(H,28,30). The molecular formula is C25H24FN3O4. The van der Waals surface area contributed by atoms with E-state index in [4.69, 9.17) is 4.74 Å². The highest BCUT2D eigenvalue weighted by Crippen LogP contribution is 2.36. The number of nitrogens with zero attached hydrogens (tertiary/aromatic N) is 2. The first-order chi connectivity index (χ1) is 15.8. The Labute approximate surface area is 190 Å². The van der Waals surface area contributed by atoms with Crippen molar-refractivity contribution in [2.75, 3.05) is 6.54 Å². The molecular weight excluding hydrogens is 425 g/mol. The summed E-state index contributed by atoms with van der Waals surface area (Å²) in [5.41, 5.74) is 3.57. The van der Waals surface area contributed by atoms with E-state index in [2.05, 4.69) is 10.3 Å². The van der Waals surface area contributed by atoms with Gasteiger partial charge in [-0.3, -0.25) is 19.8 Å². The Balaban J connectivity index is 1.46. The van der Waals surface area contributed by atoms with Crippen LogP contribution in [0.15, 0.2) is 54.9 Å². The molecule has 170 valence electrons. The third kappa shape index (κ3) is 4.85. The summed E-state index contributed by atoms with van der Waals surface area (Å²) in [6.45, 7) is 4.19. The van der Waals surface area contributed by atoms with E-state index in [1.165, 1.54) is 12.1 Å². The number of hydrogen-bond acceptors (Lipinski definition) is 5. The van der Waals surface area contributed by atoms with Gasteiger partial charge in [0.25, 0.3) is 11.8 Å². The number of halogens is 1. The van der Waals surface area contributed by atoms with Crippen LogP contribution in [-0.4, -0.2) is 33.6 Å². The summed E-state index contributed by atoms with van der Waals surface area (Å²) in [6, 6.07) is 11.2. The molecule has 7 nitrogen and oxygen atoms in total. The molecule has 0 saturated heterocycles. The number of pyridine rings is 1. The van der Waals surface area contributed by atoms with E-state index in [1.807, 2.05) is 26.0 Å². The molecule has 1 aliphatic heterocycles. The molecule has 4 rings (SSSR count). The van der Waals surface area contributed by atoms with E-state index in [0.717, 1.165) is 22.8 Å². The molecule has 2 N–H and O–H groups in total. The van der Waals surface area contributed by atoms with Gasteiger partial charge >= 0.3 is 0 Å². The van der Waals surface area contributed by atoms with Gasteiger partial charge in [0.05, 0.1) is 18.3 Å². The molecule has 1 aliphatic rings. The number of carbonyl (C=O) groups is 2. The largest absolute Gasteiger partial charge is 0.487 e. The molecule has 1 aromatic heterocycles. The second kappa shape index (κ2) is 9.38. The topological polar surface area (TPSA) is 91.8 Å². The summed E-state index contributed by atoms with van der Waals surface area (Å²) in [6.07, 6.45) is 3.36. The molecule has 2 amide bonds. The Morgan fingerprint density at radius 3 is 2.79 bits per heavy atom. The van der Waals surface area contributed by atoms with Crippen LogP contribution in [0.5, 0.6) is 5.75 Å². The number of amides is 2. The minimum Gasteiger partial charge on any atom is -0.487 e. The van der Waals surface area contributed by atoms with Crippen molar-refractivity contribution in [2.45, 2.75) is 27.0 Å². The number of hydrogen-bond donors (Lipinski definition) is 2. The molecule has 0 bridgehead atoms. The Morgan fingerprint density at radius 1 is 1.18 bits per heavy atom. The van der Waals surface area contributed by atoms with E-state index in [1.54, 1.807) is 24.5 Å². The quantitative estimate of drug-likeness (QED) is 0.435. The monoisotopic (exact) mass is 449 g/mol. The number of rotatable bonds is 6. The third-order valence-electron chi connectivity index (χ3n) is 5.31. The maximum absolute atomic E-state index is 14.2. The fourth-order valence-electron chi connectivity index (χ4n) is 3.69. The summed E-state index contributed by atoms with van der Waals surface area (Å²) in [7, 11) is 0. The summed E-state index contributed by atoms with van der Waals surface area (Å²) in [4.78, 5) is 29.1. The molecule has 0 radical (unpaired) electrons. The number of aromatic nitrogens is 1. The van der Waals surface area contributed by atoms with Gasteiger partial charge in [-0.05, 0) is 52.9 Å². The Morgan fingerprint density at radius 2 is 2.00 bits per heavy atom. The number of fused-ring (bicyclic) bond motifs is 3.